The van der Waals surface area contributed by atoms with E-state index in [4.69, 9.17) is 0 Å². The van der Waals surface area contributed by atoms with Crippen LogP contribution in [0.4, 0.5) is 5.69 Å². The Morgan fingerprint density at radius 2 is 1.64 bits per heavy atom. The van der Waals surface area contributed by atoms with Crippen molar-refractivity contribution in [3.8, 4) is 0 Å². The third-order valence-corrected chi connectivity index (χ3v) is 5.69. The normalized spacial score (nSPS) is 24.3. The molecule has 0 radical (unpaired) electrons. The molecule has 2 saturated heterocycles. The van der Waals surface area contributed by atoms with Crippen LogP contribution in [0.3, 0.4) is 0 Å². The van der Waals surface area contributed by atoms with Crippen molar-refractivity contribution in [2.24, 2.45) is 5.92 Å². The van der Waals surface area contributed by atoms with E-state index in [2.05, 4.69) is 10.2 Å². The van der Waals surface area contributed by atoms with E-state index in [-0.39, 0.29) is 17.7 Å². The number of amides is 2. The molecule has 1 aliphatic carbocycles. The highest BCUT2D eigenvalue weighted by atomic mass is 16.2. The van der Waals surface area contributed by atoms with Gasteiger partial charge in [0.05, 0.1) is 0 Å². The molecule has 1 atom stereocenters. The van der Waals surface area contributed by atoms with Crippen molar-refractivity contribution >= 4 is 17.5 Å². The van der Waals surface area contributed by atoms with Gasteiger partial charge in [-0.25, -0.2) is 0 Å². The van der Waals surface area contributed by atoms with E-state index >= 15 is 0 Å². The van der Waals surface area contributed by atoms with Crippen LogP contribution < -0.4 is 5.32 Å². The van der Waals surface area contributed by atoms with Gasteiger partial charge in [0.1, 0.15) is 0 Å². The summed E-state index contributed by atoms with van der Waals surface area (Å²) in [6.07, 6.45) is 6.86. The first-order valence-electron chi connectivity index (χ1n) is 9.65. The number of hydrogen-bond acceptors (Lipinski definition) is 3. The highest BCUT2D eigenvalue weighted by molar-refractivity contribution is 5.96. The van der Waals surface area contributed by atoms with E-state index in [9.17, 15) is 9.59 Å². The van der Waals surface area contributed by atoms with Gasteiger partial charge in [-0.2, -0.15) is 0 Å². The fourth-order valence-corrected chi connectivity index (χ4v) is 4.01. The highest BCUT2D eigenvalue weighted by Crippen LogP contribution is 2.30. The third kappa shape index (κ3) is 3.87. The van der Waals surface area contributed by atoms with Crippen LogP contribution in [0.2, 0.25) is 0 Å². The summed E-state index contributed by atoms with van der Waals surface area (Å²) in [6.45, 7) is 4.06. The molecule has 4 rings (SSSR count). The van der Waals surface area contributed by atoms with Crippen molar-refractivity contribution in [2.45, 2.75) is 44.6 Å². The maximum absolute atomic E-state index is 12.8. The predicted octanol–water partition coefficient (Wildman–Crippen LogP) is 2.74. The predicted molar refractivity (Wildman–Crippen MR) is 97.5 cm³/mol. The van der Waals surface area contributed by atoms with Gasteiger partial charge >= 0.3 is 0 Å². The molecule has 3 fully saturated rings. The van der Waals surface area contributed by atoms with Gasteiger partial charge in [0.15, 0.2) is 0 Å². The summed E-state index contributed by atoms with van der Waals surface area (Å²) in [5.41, 5.74) is 1.49. The molecule has 25 heavy (non-hydrogen) atoms. The summed E-state index contributed by atoms with van der Waals surface area (Å²) in [4.78, 5) is 29.2. The molecule has 2 aliphatic heterocycles. The number of nitrogens with zero attached hydrogens (tertiary/aromatic N) is 2. The van der Waals surface area contributed by atoms with E-state index in [1.165, 1.54) is 32.4 Å². The van der Waals surface area contributed by atoms with Gasteiger partial charge in [0, 0.05) is 36.3 Å². The number of anilines is 1. The minimum Gasteiger partial charge on any atom is -0.337 e. The minimum atomic E-state index is 0.101. The second kappa shape index (κ2) is 7.16. The lowest BCUT2D eigenvalue weighted by molar-refractivity contribution is -0.117. The number of rotatable bonds is 4. The van der Waals surface area contributed by atoms with Crippen LogP contribution in [0.1, 0.15) is 48.9 Å². The van der Waals surface area contributed by atoms with Crippen LogP contribution in [-0.4, -0.2) is 53.8 Å². The molecule has 2 amide bonds. The number of carbonyl (C=O) groups excluding carboxylic acids is 2. The molecule has 3 aliphatic rings. The Bertz CT molecular complexity index is 633. The summed E-state index contributed by atoms with van der Waals surface area (Å²) in [5, 5.41) is 2.92. The van der Waals surface area contributed by atoms with Gasteiger partial charge in [-0.15, -0.1) is 0 Å². The minimum absolute atomic E-state index is 0.101. The van der Waals surface area contributed by atoms with E-state index in [1.807, 2.05) is 29.2 Å². The maximum atomic E-state index is 12.8. The summed E-state index contributed by atoms with van der Waals surface area (Å²) < 4.78 is 0. The molecular weight excluding hydrogens is 314 g/mol. The number of nitrogens with one attached hydrogen (secondary N) is 1. The van der Waals surface area contributed by atoms with Crippen molar-refractivity contribution in [1.29, 1.82) is 0 Å². The van der Waals surface area contributed by atoms with Gasteiger partial charge in [0.25, 0.3) is 5.91 Å². The Morgan fingerprint density at radius 3 is 2.32 bits per heavy atom. The topological polar surface area (TPSA) is 52.7 Å². The number of benzene rings is 1. The van der Waals surface area contributed by atoms with E-state index in [0.717, 1.165) is 38.0 Å². The molecule has 134 valence electrons. The molecule has 5 heteroatoms. The Hall–Kier alpha value is -1.88. The Kier molecular flexibility index (Phi) is 4.75. The lowest BCUT2D eigenvalue weighted by atomic mass is 10.0. The largest absolute Gasteiger partial charge is 0.337 e. The lowest BCUT2D eigenvalue weighted by Crippen LogP contribution is -2.48. The third-order valence-electron chi connectivity index (χ3n) is 5.69. The summed E-state index contributed by atoms with van der Waals surface area (Å²) in [5.74, 6) is 0.407. The van der Waals surface area contributed by atoms with Gasteiger partial charge in [0.2, 0.25) is 5.91 Å². The molecule has 0 unspecified atom stereocenters. The highest BCUT2D eigenvalue weighted by Gasteiger charge is 2.30. The average Bonchev–Trinajstić information content (AvgIpc) is 3.36. The monoisotopic (exact) mass is 341 g/mol. The summed E-state index contributed by atoms with van der Waals surface area (Å²) in [7, 11) is 0. The van der Waals surface area contributed by atoms with Crippen LogP contribution in [0, 0.1) is 5.92 Å². The molecule has 2 heterocycles. The zero-order chi connectivity index (χ0) is 17.2. The van der Waals surface area contributed by atoms with Crippen molar-refractivity contribution in [1.82, 2.24) is 9.80 Å². The van der Waals surface area contributed by atoms with E-state index in [1.54, 1.807) is 0 Å². The van der Waals surface area contributed by atoms with Gasteiger partial charge in [-0.05, 0) is 75.9 Å². The number of carbonyl (C=O) groups is 2. The second-order valence-electron chi connectivity index (χ2n) is 7.63. The number of hydrogen-bond donors (Lipinski definition) is 1. The fourth-order valence-electron chi connectivity index (χ4n) is 4.01. The van der Waals surface area contributed by atoms with Gasteiger partial charge < -0.3 is 10.2 Å². The van der Waals surface area contributed by atoms with E-state index in [0.29, 0.717) is 11.6 Å². The lowest BCUT2D eigenvalue weighted by Gasteiger charge is -2.37. The fraction of sp³-hybridized carbons (Fsp3) is 0.600. The van der Waals surface area contributed by atoms with Crippen molar-refractivity contribution < 1.29 is 9.59 Å². The molecule has 1 N–H and O–H groups in total. The van der Waals surface area contributed by atoms with Crippen LogP contribution in [0.5, 0.6) is 0 Å². The Balaban J connectivity index is 1.37. The average molecular weight is 341 g/mol. The van der Waals surface area contributed by atoms with Gasteiger partial charge in [-0.1, -0.05) is 0 Å². The summed E-state index contributed by atoms with van der Waals surface area (Å²) in [6, 6.07) is 7.89. The first-order chi connectivity index (χ1) is 12.2. The van der Waals surface area contributed by atoms with Crippen molar-refractivity contribution in [3.63, 3.8) is 0 Å². The molecule has 1 aromatic rings. The van der Waals surface area contributed by atoms with Crippen molar-refractivity contribution in [2.75, 3.05) is 31.5 Å². The first-order valence-corrected chi connectivity index (χ1v) is 9.65. The molecule has 0 bridgehead atoms. The molecule has 5 nitrogen and oxygen atoms in total. The SMILES string of the molecule is O=C(Nc1ccc(C(=O)N2CCC[C@H](N3CCCC3)C2)cc1)C1CC1. The quantitative estimate of drug-likeness (QED) is 0.916. The number of piperidine rings is 1. The summed E-state index contributed by atoms with van der Waals surface area (Å²) >= 11 is 0. The number of likely N-dealkylation sites (tertiary alicyclic amines) is 2. The standard InChI is InChI=1S/C20H27N3O2/c24-19(15-5-6-15)21-17-9-7-16(8-10-17)20(25)23-13-3-4-18(14-23)22-11-1-2-12-22/h7-10,15,18H,1-6,11-14H2,(H,21,24)/t18-/m0/s1. The molecule has 0 spiro atoms. The zero-order valence-corrected chi connectivity index (χ0v) is 14.7. The van der Waals surface area contributed by atoms with Crippen molar-refractivity contribution in [3.05, 3.63) is 29.8 Å². The molecule has 1 saturated carbocycles. The van der Waals surface area contributed by atoms with Crippen LogP contribution in [-0.2, 0) is 4.79 Å². The smallest absolute Gasteiger partial charge is 0.253 e. The maximum Gasteiger partial charge on any atom is 0.253 e. The molecule has 1 aromatic carbocycles. The Labute approximate surface area is 149 Å². The first kappa shape index (κ1) is 16.6. The van der Waals surface area contributed by atoms with Crippen LogP contribution >= 0.6 is 0 Å². The zero-order valence-electron chi connectivity index (χ0n) is 14.7. The molecule has 0 aromatic heterocycles. The molecular formula is C20H27N3O2. The van der Waals surface area contributed by atoms with Crippen LogP contribution in [0.15, 0.2) is 24.3 Å². The van der Waals surface area contributed by atoms with E-state index < -0.39 is 0 Å². The van der Waals surface area contributed by atoms with Crippen LogP contribution in [0.25, 0.3) is 0 Å². The van der Waals surface area contributed by atoms with Gasteiger partial charge in [-0.3, -0.25) is 14.5 Å². The second-order valence-corrected chi connectivity index (χ2v) is 7.63. The Morgan fingerprint density at radius 1 is 0.920 bits per heavy atom.